The quantitative estimate of drug-likeness (QED) is 0.929. The molecule has 1 fully saturated rings. The minimum absolute atomic E-state index is 0.133. The molecule has 0 saturated carbocycles. The van der Waals surface area contributed by atoms with Crippen LogP contribution < -0.4 is 0 Å². The molecule has 1 aliphatic rings. The summed E-state index contributed by atoms with van der Waals surface area (Å²) in [6.45, 7) is 1.55. The summed E-state index contributed by atoms with van der Waals surface area (Å²) in [5.41, 5.74) is -0.476. The molecule has 18 heavy (non-hydrogen) atoms. The number of carbonyl (C=O) groups excluding carboxylic acids is 1. The van der Waals surface area contributed by atoms with Crippen molar-refractivity contribution in [3.8, 4) is 0 Å². The molecule has 1 saturated heterocycles. The summed E-state index contributed by atoms with van der Waals surface area (Å²) in [6.07, 6.45) is -0.601. The second kappa shape index (κ2) is 4.61. The van der Waals surface area contributed by atoms with Crippen LogP contribution in [0.25, 0.3) is 0 Å². The fraction of sp³-hybridized carbons (Fsp3) is 0.333. The lowest BCUT2D eigenvalue weighted by molar-refractivity contribution is -0.147. The van der Waals surface area contributed by atoms with Gasteiger partial charge in [0.15, 0.2) is 5.54 Å². The molecule has 1 aromatic carbocycles. The first-order valence-electron chi connectivity index (χ1n) is 5.36. The van der Waals surface area contributed by atoms with Crippen LogP contribution in [0.3, 0.4) is 0 Å². The molecule has 5 nitrogen and oxygen atoms in total. The van der Waals surface area contributed by atoms with E-state index in [0.717, 1.165) is 10.0 Å². The highest BCUT2D eigenvalue weighted by Crippen LogP contribution is 2.28. The Kier molecular flexibility index (Phi) is 3.30. The second-order valence-electron chi connectivity index (χ2n) is 4.31. The number of aliphatic carboxylic acids is 1. The van der Waals surface area contributed by atoms with E-state index >= 15 is 0 Å². The lowest BCUT2D eigenvalue weighted by Gasteiger charge is -2.27. The van der Waals surface area contributed by atoms with Crippen molar-refractivity contribution in [1.29, 1.82) is 0 Å². The zero-order chi connectivity index (χ0) is 13.3. The third-order valence-electron chi connectivity index (χ3n) is 3.04. The van der Waals surface area contributed by atoms with Crippen molar-refractivity contribution in [3.05, 3.63) is 34.3 Å². The van der Waals surface area contributed by atoms with Crippen LogP contribution in [0.4, 0.5) is 4.79 Å². The van der Waals surface area contributed by atoms with Gasteiger partial charge in [0.2, 0.25) is 0 Å². The van der Waals surface area contributed by atoms with Crippen molar-refractivity contribution in [1.82, 2.24) is 4.90 Å². The fourth-order valence-corrected chi connectivity index (χ4v) is 2.18. The molecule has 6 heteroatoms. The molecule has 1 heterocycles. The maximum Gasteiger partial charge on any atom is 0.411 e. The molecular weight excluding hydrogens is 302 g/mol. The van der Waals surface area contributed by atoms with Crippen molar-refractivity contribution in [3.63, 3.8) is 0 Å². The summed E-state index contributed by atoms with van der Waals surface area (Å²) < 4.78 is 5.68. The fourth-order valence-electron chi connectivity index (χ4n) is 1.77. The maximum absolute atomic E-state index is 11.6. The summed E-state index contributed by atoms with van der Waals surface area (Å²) in [5, 5.41) is 9.22. The predicted molar refractivity (Wildman–Crippen MR) is 67.1 cm³/mol. The van der Waals surface area contributed by atoms with Crippen molar-refractivity contribution in [2.45, 2.75) is 19.0 Å². The van der Waals surface area contributed by atoms with Gasteiger partial charge in [-0.15, -0.1) is 0 Å². The Hall–Kier alpha value is -1.56. The minimum Gasteiger partial charge on any atom is -0.479 e. The summed E-state index contributed by atoms with van der Waals surface area (Å²) in [6, 6.07) is 7.36. The highest BCUT2D eigenvalue weighted by Gasteiger charge is 2.49. The summed E-state index contributed by atoms with van der Waals surface area (Å²) in [7, 11) is 0. The smallest absolute Gasteiger partial charge is 0.411 e. The van der Waals surface area contributed by atoms with Gasteiger partial charge in [0.25, 0.3) is 0 Å². The summed E-state index contributed by atoms with van der Waals surface area (Å²) in [5.74, 6) is -1.07. The molecule has 1 aromatic rings. The normalized spacial score (nSPS) is 23.0. The molecule has 0 aromatic heterocycles. The number of ether oxygens (including phenoxy) is 1. The van der Waals surface area contributed by atoms with Gasteiger partial charge in [-0.3, -0.25) is 4.90 Å². The largest absolute Gasteiger partial charge is 0.479 e. The molecule has 2 rings (SSSR count). The Bertz CT molecular complexity index is 505. The van der Waals surface area contributed by atoms with E-state index in [-0.39, 0.29) is 13.2 Å². The van der Waals surface area contributed by atoms with Crippen LogP contribution in [0.15, 0.2) is 28.7 Å². The number of carboxylic acid groups (broad SMARTS) is 1. The Morgan fingerprint density at radius 3 is 2.83 bits per heavy atom. The number of benzene rings is 1. The minimum atomic E-state index is -1.31. The summed E-state index contributed by atoms with van der Waals surface area (Å²) in [4.78, 5) is 24.1. The van der Waals surface area contributed by atoms with E-state index in [2.05, 4.69) is 15.9 Å². The first-order chi connectivity index (χ1) is 8.45. The number of hydrogen-bond donors (Lipinski definition) is 1. The second-order valence-corrected chi connectivity index (χ2v) is 5.17. The number of halogens is 1. The number of amides is 1. The number of hydrogen-bond acceptors (Lipinski definition) is 3. The van der Waals surface area contributed by atoms with E-state index in [1.807, 2.05) is 24.3 Å². The van der Waals surface area contributed by atoms with Gasteiger partial charge in [0.1, 0.15) is 6.61 Å². The van der Waals surface area contributed by atoms with Crippen molar-refractivity contribution < 1.29 is 19.4 Å². The van der Waals surface area contributed by atoms with Crippen LogP contribution in [0.2, 0.25) is 0 Å². The Morgan fingerprint density at radius 2 is 2.22 bits per heavy atom. The van der Waals surface area contributed by atoms with Gasteiger partial charge in [-0.2, -0.15) is 0 Å². The number of nitrogens with zero attached hydrogens (tertiary/aromatic N) is 1. The lowest BCUT2D eigenvalue weighted by Crippen LogP contribution is -2.50. The molecule has 1 N–H and O–H groups in total. The van der Waals surface area contributed by atoms with Crippen LogP contribution in [-0.4, -0.2) is 34.2 Å². The van der Waals surface area contributed by atoms with E-state index in [0.29, 0.717) is 0 Å². The van der Waals surface area contributed by atoms with Crippen LogP contribution in [0.5, 0.6) is 0 Å². The van der Waals surface area contributed by atoms with E-state index in [1.165, 1.54) is 11.8 Å². The standard InChI is InChI=1S/C12H12BrNO4/c1-12(10(15)16)7-18-11(17)14(12)6-8-4-2-3-5-9(8)13/h2-5H,6-7H2,1H3,(H,15,16). The number of cyclic esters (lactones) is 1. The van der Waals surface area contributed by atoms with Crippen LogP contribution in [0.1, 0.15) is 12.5 Å². The molecule has 0 aliphatic carbocycles. The highest BCUT2D eigenvalue weighted by atomic mass is 79.9. The van der Waals surface area contributed by atoms with Crippen LogP contribution in [0, 0.1) is 0 Å². The highest BCUT2D eigenvalue weighted by molar-refractivity contribution is 9.10. The molecule has 1 unspecified atom stereocenters. The van der Waals surface area contributed by atoms with Crippen molar-refractivity contribution >= 4 is 28.0 Å². The molecule has 0 bridgehead atoms. The van der Waals surface area contributed by atoms with Gasteiger partial charge in [0, 0.05) is 4.47 Å². The van der Waals surface area contributed by atoms with Crippen LogP contribution >= 0.6 is 15.9 Å². The zero-order valence-corrected chi connectivity index (χ0v) is 11.3. The Morgan fingerprint density at radius 1 is 1.56 bits per heavy atom. The monoisotopic (exact) mass is 313 g/mol. The van der Waals surface area contributed by atoms with Gasteiger partial charge < -0.3 is 9.84 Å². The topological polar surface area (TPSA) is 66.8 Å². The van der Waals surface area contributed by atoms with Crippen molar-refractivity contribution in [2.24, 2.45) is 0 Å². The first-order valence-corrected chi connectivity index (χ1v) is 6.15. The molecule has 0 spiro atoms. The molecule has 1 amide bonds. The van der Waals surface area contributed by atoms with Crippen LogP contribution in [-0.2, 0) is 16.1 Å². The lowest BCUT2D eigenvalue weighted by atomic mass is 10.0. The van der Waals surface area contributed by atoms with E-state index in [4.69, 9.17) is 4.74 Å². The SMILES string of the molecule is CC1(C(=O)O)COC(=O)N1Cc1ccccc1Br. The molecule has 1 atom stereocenters. The van der Waals surface area contributed by atoms with Gasteiger partial charge in [-0.05, 0) is 18.6 Å². The molecule has 96 valence electrons. The molecule has 0 radical (unpaired) electrons. The number of carboxylic acids is 1. The van der Waals surface area contributed by atoms with Crippen molar-refractivity contribution in [2.75, 3.05) is 6.61 Å². The Labute approximate surface area is 112 Å². The van der Waals surface area contributed by atoms with E-state index in [9.17, 15) is 14.7 Å². The third-order valence-corrected chi connectivity index (χ3v) is 3.81. The van der Waals surface area contributed by atoms with Gasteiger partial charge >= 0.3 is 12.1 Å². The van der Waals surface area contributed by atoms with E-state index < -0.39 is 17.6 Å². The zero-order valence-electron chi connectivity index (χ0n) is 9.72. The average molecular weight is 314 g/mol. The number of carbonyl (C=O) groups is 2. The van der Waals surface area contributed by atoms with Gasteiger partial charge in [0.05, 0.1) is 6.54 Å². The maximum atomic E-state index is 11.6. The van der Waals surface area contributed by atoms with Gasteiger partial charge in [-0.25, -0.2) is 9.59 Å². The third kappa shape index (κ3) is 2.08. The summed E-state index contributed by atoms with van der Waals surface area (Å²) >= 11 is 3.37. The molecule has 1 aliphatic heterocycles. The Balaban J connectivity index is 2.29. The van der Waals surface area contributed by atoms with Gasteiger partial charge in [-0.1, -0.05) is 34.1 Å². The average Bonchev–Trinajstić information content (AvgIpc) is 2.61. The first kappa shape index (κ1) is 12.9. The number of rotatable bonds is 3. The molecular formula is C12H12BrNO4. The van der Waals surface area contributed by atoms with E-state index in [1.54, 1.807) is 0 Å². The predicted octanol–water partition coefficient (Wildman–Crippen LogP) is 2.24.